The van der Waals surface area contributed by atoms with E-state index in [9.17, 15) is 4.79 Å². The van der Waals surface area contributed by atoms with E-state index in [4.69, 9.17) is 5.11 Å². The molecule has 0 radical (unpaired) electrons. The van der Waals surface area contributed by atoms with Crippen LogP contribution in [0.25, 0.3) is 0 Å². The molecule has 0 spiro atoms. The van der Waals surface area contributed by atoms with E-state index in [1.165, 1.54) is 6.42 Å². The van der Waals surface area contributed by atoms with Gasteiger partial charge in [0, 0.05) is 19.3 Å². The number of carbonyl (C=O) groups excluding carboxylic acids is 1. The van der Waals surface area contributed by atoms with Gasteiger partial charge in [0.2, 0.25) is 0 Å². The monoisotopic (exact) mass is 282 g/mol. The zero-order valence-corrected chi connectivity index (χ0v) is 12.7. The molecule has 0 amide bonds. The average molecular weight is 282 g/mol. The van der Waals surface area contributed by atoms with Gasteiger partial charge in [-0.15, -0.1) is 11.8 Å². The first-order chi connectivity index (χ1) is 10.3. The summed E-state index contributed by atoms with van der Waals surface area (Å²) in [7, 11) is 0. The number of hydrogen-bond acceptors (Lipinski definition) is 2. The van der Waals surface area contributed by atoms with Crippen LogP contribution in [0, 0.1) is 47.4 Å². The van der Waals surface area contributed by atoms with Crippen molar-refractivity contribution >= 4 is 5.78 Å². The van der Waals surface area contributed by atoms with Gasteiger partial charge < -0.3 is 5.11 Å². The quantitative estimate of drug-likeness (QED) is 0.622. The van der Waals surface area contributed by atoms with Crippen LogP contribution in [-0.4, -0.2) is 17.5 Å². The molecule has 0 aromatic rings. The van der Waals surface area contributed by atoms with Gasteiger partial charge in [-0.3, -0.25) is 4.79 Å². The summed E-state index contributed by atoms with van der Waals surface area (Å²) in [6.45, 7) is 1.75. The van der Waals surface area contributed by atoms with Crippen molar-refractivity contribution in [1.29, 1.82) is 0 Å². The molecule has 0 bridgehead atoms. The Morgan fingerprint density at radius 1 is 0.810 bits per heavy atom. The Labute approximate surface area is 128 Å². The Kier molecular flexibility index (Phi) is 14.3. The minimum Gasteiger partial charge on any atom is -0.389 e. The molecule has 0 saturated heterocycles. The molecule has 0 unspecified atom stereocenters. The molecule has 0 aliphatic carbocycles. The van der Waals surface area contributed by atoms with Crippen molar-refractivity contribution in [2.45, 2.75) is 58.3 Å². The highest BCUT2D eigenvalue weighted by Gasteiger charge is 1.94. The number of hydrogen-bond donors (Lipinski definition) is 1. The van der Waals surface area contributed by atoms with E-state index in [2.05, 4.69) is 54.3 Å². The Morgan fingerprint density at radius 2 is 1.29 bits per heavy atom. The summed E-state index contributed by atoms with van der Waals surface area (Å²) >= 11 is 0. The molecule has 0 heterocycles. The molecule has 2 heteroatoms. The Hall–Kier alpha value is -2.13. The van der Waals surface area contributed by atoms with Crippen LogP contribution in [0.4, 0.5) is 0 Å². The fraction of sp³-hybridized carbons (Fsp3) is 0.526. The minimum absolute atomic E-state index is 0.177. The van der Waals surface area contributed by atoms with Crippen molar-refractivity contribution in [3.63, 3.8) is 0 Å². The summed E-state index contributed by atoms with van der Waals surface area (Å²) < 4.78 is 0. The van der Waals surface area contributed by atoms with Gasteiger partial charge >= 0.3 is 0 Å². The first kappa shape index (κ1) is 18.9. The summed E-state index contributed by atoms with van der Waals surface area (Å²) in [6, 6.07) is 0. The molecule has 21 heavy (non-hydrogen) atoms. The minimum atomic E-state index is -0.400. The molecule has 0 aliphatic heterocycles. The molecular formula is C19H22O2. The fourth-order valence-electron chi connectivity index (χ4n) is 1.23. The van der Waals surface area contributed by atoms with Crippen LogP contribution in [0.15, 0.2) is 0 Å². The van der Waals surface area contributed by atoms with Crippen LogP contribution in [-0.2, 0) is 4.79 Å². The van der Waals surface area contributed by atoms with Gasteiger partial charge in [-0.05, 0) is 6.42 Å². The first-order valence-corrected chi connectivity index (χ1v) is 7.26. The van der Waals surface area contributed by atoms with E-state index < -0.39 is 6.61 Å². The smallest absolute Gasteiger partial charge is 0.159 e. The summed E-state index contributed by atoms with van der Waals surface area (Å²) in [5.41, 5.74) is 0. The van der Waals surface area contributed by atoms with Crippen LogP contribution in [0.2, 0.25) is 0 Å². The van der Waals surface area contributed by atoms with Crippen molar-refractivity contribution < 1.29 is 9.90 Å². The van der Waals surface area contributed by atoms with Crippen molar-refractivity contribution in [1.82, 2.24) is 0 Å². The molecule has 0 aromatic heterocycles. The molecule has 0 saturated carbocycles. The highest BCUT2D eigenvalue weighted by Crippen LogP contribution is 1.90. The lowest BCUT2D eigenvalue weighted by Gasteiger charge is -1.87. The Morgan fingerprint density at radius 3 is 1.76 bits per heavy atom. The largest absolute Gasteiger partial charge is 0.389 e. The summed E-state index contributed by atoms with van der Waals surface area (Å²) in [5.74, 6) is 23.4. The molecule has 110 valence electrons. The number of aliphatic hydroxyl groups excluding tert-OH is 1. The van der Waals surface area contributed by atoms with Crippen LogP contribution in [0.1, 0.15) is 58.3 Å². The molecule has 0 atom stereocenters. The van der Waals surface area contributed by atoms with Crippen molar-refractivity contribution in [2.24, 2.45) is 0 Å². The van der Waals surface area contributed by atoms with E-state index in [0.717, 1.165) is 12.8 Å². The van der Waals surface area contributed by atoms with Crippen molar-refractivity contribution in [3.8, 4) is 47.4 Å². The van der Waals surface area contributed by atoms with Crippen LogP contribution >= 0.6 is 0 Å². The van der Waals surface area contributed by atoms with Crippen molar-refractivity contribution in [2.75, 3.05) is 6.61 Å². The Balaban J connectivity index is 3.64. The lowest BCUT2D eigenvalue weighted by molar-refractivity contribution is -0.121. The second-order valence-electron chi connectivity index (χ2n) is 4.24. The van der Waals surface area contributed by atoms with Crippen LogP contribution < -0.4 is 0 Å². The van der Waals surface area contributed by atoms with Gasteiger partial charge in [-0.25, -0.2) is 0 Å². The first-order valence-electron chi connectivity index (χ1n) is 7.26. The summed E-state index contributed by atoms with van der Waals surface area (Å²) in [4.78, 5) is 10.8. The SMILES string of the molecule is CCCCC#CCC#CCC#CCC#CCCC(=O)CO. The van der Waals surface area contributed by atoms with Crippen LogP contribution in [0.5, 0.6) is 0 Å². The number of Topliss-reactive ketones (excluding diaryl/α,β-unsaturated/α-hetero) is 1. The normalized spacial score (nSPS) is 7.90. The second kappa shape index (κ2) is 15.9. The average Bonchev–Trinajstić information content (AvgIpc) is 2.50. The predicted molar refractivity (Wildman–Crippen MR) is 85.8 cm³/mol. The number of ketones is 1. The van der Waals surface area contributed by atoms with E-state index in [1.807, 2.05) is 0 Å². The highest BCUT2D eigenvalue weighted by molar-refractivity contribution is 5.79. The topological polar surface area (TPSA) is 37.3 Å². The third-order valence-electron chi connectivity index (χ3n) is 2.39. The molecular weight excluding hydrogens is 260 g/mol. The maximum atomic E-state index is 10.8. The number of aliphatic hydroxyl groups is 1. The number of unbranched alkanes of at least 4 members (excludes halogenated alkanes) is 2. The van der Waals surface area contributed by atoms with E-state index >= 15 is 0 Å². The van der Waals surface area contributed by atoms with Gasteiger partial charge in [0.05, 0.1) is 19.3 Å². The van der Waals surface area contributed by atoms with Gasteiger partial charge in [0.25, 0.3) is 0 Å². The third-order valence-corrected chi connectivity index (χ3v) is 2.39. The lowest BCUT2D eigenvalue weighted by Crippen LogP contribution is -2.01. The lowest BCUT2D eigenvalue weighted by atomic mass is 10.2. The van der Waals surface area contributed by atoms with Gasteiger partial charge in [0.1, 0.15) is 6.61 Å². The number of rotatable bonds is 5. The van der Waals surface area contributed by atoms with Gasteiger partial charge in [0.15, 0.2) is 5.78 Å². The van der Waals surface area contributed by atoms with Crippen molar-refractivity contribution in [3.05, 3.63) is 0 Å². The van der Waals surface area contributed by atoms with Gasteiger partial charge in [-0.1, -0.05) is 48.9 Å². The Bertz CT molecular complexity index is 527. The standard InChI is InChI=1S/C19H22O2/c1-2-3-4-5-6-7-8-9-10-11-12-13-14-15-16-17-19(21)18-20/h20H,2-4,7,10,13,16-18H2,1H3. The molecule has 0 aromatic carbocycles. The zero-order chi connectivity index (χ0) is 15.6. The zero-order valence-electron chi connectivity index (χ0n) is 12.7. The van der Waals surface area contributed by atoms with Gasteiger partial charge in [-0.2, -0.15) is 0 Å². The van der Waals surface area contributed by atoms with E-state index in [1.54, 1.807) is 0 Å². The van der Waals surface area contributed by atoms with E-state index in [0.29, 0.717) is 32.1 Å². The second-order valence-corrected chi connectivity index (χ2v) is 4.24. The third kappa shape index (κ3) is 15.8. The molecule has 0 fully saturated rings. The maximum absolute atomic E-state index is 10.8. The molecule has 1 N–H and O–H groups in total. The predicted octanol–water partition coefficient (Wildman–Crippen LogP) is 2.70. The molecule has 2 nitrogen and oxygen atoms in total. The van der Waals surface area contributed by atoms with Crippen LogP contribution in [0.3, 0.4) is 0 Å². The molecule has 0 aliphatic rings. The summed E-state index contributed by atoms with van der Waals surface area (Å²) in [5, 5.41) is 8.51. The maximum Gasteiger partial charge on any atom is 0.159 e. The summed E-state index contributed by atoms with van der Waals surface area (Å²) in [6.07, 6.45) is 5.73. The highest BCUT2D eigenvalue weighted by atomic mass is 16.3. The fourth-order valence-corrected chi connectivity index (χ4v) is 1.23. The molecule has 0 rings (SSSR count). The van der Waals surface area contributed by atoms with E-state index in [-0.39, 0.29) is 5.78 Å². The number of carbonyl (C=O) groups is 1.